The summed E-state index contributed by atoms with van der Waals surface area (Å²) in [6.45, 7) is 7.54. The SMILES string of the molecule is CC[C@H]1CN(c2ccc(C(F)(F)F)c(C(=O)c3cccnc3N)n2)C[C@H](CC(C)C)N1. The summed E-state index contributed by atoms with van der Waals surface area (Å²) in [5.41, 5.74) is 3.91. The van der Waals surface area contributed by atoms with Gasteiger partial charge in [0.2, 0.25) is 5.78 Å². The molecule has 0 amide bonds. The third kappa shape index (κ3) is 5.33. The number of anilines is 2. The molecule has 2 aromatic rings. The highest BCUT2D eigenvalue weighted by Crippen LogP contribution is 2.34. The Bertz CT molecular complexity index is 932. The second kappa shape index (κ2) is 9.21. The van der Waals surface area contributed by atoms with E-state index in [1.54, 1.807) is 0 Å². The fourth-order valence-electron chi connectivity index (χ4n) is 3.95. The number of nitrogens with two attached hydrogens (primary N) is 1. The van der Waals surface area contributed by atoms with Crippen LogP contribution in [0.1, 0.15) is 55.2 Å². The number of alkyl halides is 3. The molecule has 3 heterocycles. The van der Waals surface area contributed by atoms with E-state index >= 15 is 0 Å². The van der Waals surface area contributed by atoms with Crippen LogP contribution in [0, 0.1) is 5.92 Å². The molecule has 168 valence electrons. The Labute approximate surface area is 180 Å². The van der Waals surface area contributed by atoms with Gasteiger partial charge in [-0.05, 0) is 43.0 Å². The highest BCUT2D eigenvalue weighted by atomic mass is 19.4. The number of halogens is 3. The smallest absolute Gasteiger partial charge is 0.383 e. The van der Waals surface area contributed by atoms with Gasteiger partial charge in [-0.15, -0.1) is 0 Å². The van der Waals surface area contributed by atoms with Gasteiger partial charge in [-0.2, -0.15) is 13.2 Å². The summed E-state index contributed by atoms with van der Waals surface area (Å²) in [6.07, 6.45) is -1.53. The van der Waals surface area contributed by atoms with Crippen LogP contribution >= 0.6 is 0 Å². The summed E-state index contributed by atoms with van der Waals surface area (Å²) in [4.78, 5) is 23.0. The van der Waals surface area contributed by atoms with Crippen LogP contribution in [-0.2, 0) is 6.18 Å². The molecular weight excluding hydrogens is 407 g/mol. The first-order chi connectivity index (χ1) is 14.6. The Morgan fingerprint density at radius 1 is 1.26 bits per heavy atom. The molecule has 0 spiro atoms. The van der Waals surface area contributed by atoms with Crippen molar-refractivity contribution in [1.82, 2.24) is 15.3 Å². The van der Waals surface area contributed by atoms with Gasteiger partial charge in [0.25, 0.3) is 0 Å². The fraction of sp³-hybridized carbons (Fsp3) is 0.500. The van der Waals surface area contributed by atoms with Crippen LogP contribution in [0.4, 0.5) is 24.8 Å². The lowest BCUT2D eigenvalue weighted by Crippen LogP contribution is -2.57. The number of piperazine rings is 1. The summed E-state index contributed by atoms with van der Waals surface area (Å²) in [6, 6.07) is 5.47. The zero-order chi connectivity index (χ0) is 22.8. The minimum absolute atomic E-state index is 0.0953. The molecule has 9 heteroatoms. The summed E-state index contributed by atoms with van der Waals surface area (Å²) >= 11 is 0. The number of hydrogen-bond donors (Lipinski definition) is 2. The number of nitrogen functional groups attached to an aromatic ring is 1. The van der Waals surface area contributed by atoms with E-state index in [0.29, 0.717) is 24.8 Å². The van der Waals surface area contributed by atoms with Crippen LogP contribution in [0.5, 0.6) is 0 Å². The van der Waals surface area contributed by atoms with E-state index in [2.05, 4.69) is 36.1 Å². The number of nitrogens with zero attached hydrogens (tertiary/aromatic N) is 3. The van der Waals surface area contributed by atoms with Crippen LogP contribution < -0.4 is 16.0 Å². The average molecular weight is 435 g/mol. The van der Waals surface area contributed by atoms with Crippen molar-refractivity contribution < 1.29 is 18.0 Å². The highest BCUT2D eigenvalue weighted by Gasteiger charge is 2.38. The number of carbonyl (C=O) groups is 1. The molecule has 1 aliphatic heterocycles. The van der Waals surface area contributed by atoms with Gasteiger partial charge in [-0.3, -0.25) is 4.79 Å². The van der Waals surface area contributed by atoms with Crippen molar-refractivity contribution in [2.24, 2.45) is 5.92 Å². The molecule has 0 bridgehead atoms. The van der Waals surface area contributed by atoms with Crippen molar-refractivity contribution >= 4 is 17.4 Å². The maximum Gasteiger partial charge on any atom is 0.418 e. The Morgan fingerprint density at radius 3 is 2.58 bits per heavy atom. The molecule has 3 N–H and O–H groups in total. The van der Waals surface area contributed by atoms with Crippen molar-refractivity contribution in [2.45, 2.75) is 51.9 Å². The van der Waals surface area contributed by atoms with Gasteiger partial charge in [-0.25, -0.2) is 9.97 Å². The Balaban J connectivity index is 2.01. The number of aromatic nitrogens is 2. The van der Waals surface area contributed by atoms with Gasteiger partial charge in [0.15, 0.2) is 0 Å². The summed E-state index contributed by atoms with van der Waals surface area (Å²) in [5.74, 6) is -0.188. The van der Waals surface area contributed by atoms with Crippen LogP contribution in [0.15, 0.2) is 30.5 Å². The van der Waals surface area contributed by atoms with E-state index in [0.717, 1.165) is 18.9 Å². The second-order valence-electron chi connectivity index (χ2n) is 8.33. The minimum Gasteiger partial charge on any atom is -0.383 e. The molecule has 31 heavy (non-hydrogen) atoms. The Kier molecular flexibility index (Phi) is 6.83. The molecule has 3 rings (SSSR count). The number of hydrogen-bond acceptors (Lipinski definition) is 6. The lowest BCUT2D eigenvalue weighted by molar-refractivity contribution is -0.138. The zero-order valence-corrected chi connectivity index (χ0v) is 17.9. The molecule has 1 aliphatic rings. The van der Waals surface area contributed by atoms with Gasteiger partial charge in [-0.1, -0.05) is 20.8 Å². The summed E-state index contributed by atoms with van der Waals surface area (Å²) < 4.78 is 41.0. The zero-order valence-electron chi connectivity index (χ0n) is 17.9. The second-order valence-corrected chi connectivity index (χ2v) is 8.33. The van der Waals surface area contributed by atoms with Gasteiger partial charge in [0, 0.05) is 31.4 Å². The Hall–Kier alpha value is -2.68. The average Bonchev–Trinajstić information content (AvgIpc) is 2.71. The summed E-state index contributed by atoms with van der Waals surface area (Å²) in [7, 11) is 0. The number of ketones is 1. The molecule has 6 nitrogen and oxygen atoms in total. The molecule has 0 aromatic carbocycles. The van der Waals surface area contributed by atoms with E-state index in [-0.39, 0.29) is 23.5 Å². The third-order valence-electron chi connectivity index (χ3n) is 5.41. The molecule has 0 saturated carbocycles. The molecule has 1 saturated heterocycles. The molecule has 0 unspecified atom stereocenters. The topological polar surface area (TPSA) is 84.1 Å². The predicted molar refractivity (Wildman–Crippen MR) is 114 cm³/mol. The van der Waals surface area contributed by atoms with Gasteiger partial charge in [0.1, 0.15) is 17.3 Å². The lowest BCUT2D eigenvalue weighted by Gasteiger charge is -2.40. The molecule has 2 atom stereocenters. The molecule has 1 fully saturated rings. The van der Waals surface area contributed by atoms with Crippen molar-refractivity contribution in [3.63, 3.8) is 0 Å². The first-order valence-corrected chi connectivity index (χ1v) is 10.4. The van der Waals surface area contributed by atoms with Crippen molar-refractivity contribution in [3.8, 4) is 0 Å². The highest BCUT2D eigenvalue weighted by molar-refractivity contribution is 6.11. The maximum atomic E-state index is 13.7. The molecule has 2 aromatic heterocycles. The normalized spacial score (nSPS) is 19.6. The van der Waals surface area contributed by atoms with E-state index < -0.39 is 23.2 Å². The first kappa shape index (κ1) is 23.0. The lowest BCUT2D eigenvalue weighted by atomic mass is 9.98. The van der Waals surface area contributed by atoms with E-state index in [1.165, 1.54) is 24.4 Å². The maximum absolute atomic E-state index is 13.7. The number of pyridine rings is 2. The van der Waals surface area contributed by atoms with Crippen molar-refractivity contribution in [2.75, 3.05) is 23.7 Å². The van der Waals surface area contributed by atoms with E-state index in [9.17, 15) is 18.0 Å². The van der Waals surface area contributed by atoms with Crippen LogP contribution in [0.2, 0.25) is 0 Å². The van der Waals surface area contributed by atoms with Gasteiger partial charge < -0.3 is 16.0 Å². The monoisotopic (exact) mass is 435 g/mol. The van der Waals surface area contributed by atoms with E-state index in [4.69, 9.17) is 5.73 Å². The number of nitrogens with one attached hydrogen (secondary N) is 1. The number of carbonyl (C=O) groups excluding carboxylic acids is 1. The Morgan fingerprint density at radius 2 is 1.97 bits per heavy atom. The third-order valence-corrected chi connectivity index (χ3v) is 5.41. The molecular formula is C22H28F3N5O. The van der Waals surface area contributed by atoms with Crippen molar-refractivity contribution in [1.29, 1.82) is 0 Å². The van der Waals surface area contributed by atoms with Gasteiger partial charge >= 0.3 is 6.18 Å². The predicted octanol–water partition coefficient (Wildman–Crippen LogP) is 3.91. The van der Waals surface area contributed by atoms with Crippen LogP contribution in [-0.4, -0.2) is 40.9 Å². The van der Waals surface area contributed by atoms with Crippen LogP contribution in [0.3, 0.4) is 0 Å². The first-order valence-electron chi connectivity index (χ1n) is 10.4. The molecule has 0 radical (unpaired) electrons. The van der Waals surface area contributed by atoms with E-state index in [1.807, 2.05) is 4.90 Å². The largest absolute Gasteiger partial charge is 0.418 e. The molecule has 0 aliphatic carbocycles. The van der Waals surface area contributed by atoms with Crippen LogP contribution in [0.25, 0.3) is 0 Å². The minimum atomic E-state index is -4.72. The standard InChI is InChI=1S/C22H28F3N5O/c1-4-14-11-30(12-15(28-14)10-13(2)3)18-8-7-17(22(23,24)25)19(29-18)20(31)16-6-5-9-27-21(16)26/h5-9,13-15,28H,4,10-12H2,1-3H3,(H2,26,27)/t14-,15-/m0/s1. The van der Waals surface area contributed by atoms with Gasteiger partial charge in [0.05, 0.1) is 11.1 Å². The quantitative estimate of drug-likeness (QED) is 0.670. The summed E-state index contributed by atoms with van der Waals surface area (Å²) in [5, 5.41) is 3.60. The van der Waals surface area contributed by atoms with Crippen molar-refractivity contribution in [3.05, 3.63) is 47.3 Å². The number of rotatable bonds is 6. The fourth-order valence-corrected chi connectivity index (χ4v) is 3.95.